The standard InChI is InChI=1S/C23H32N6O3/c1-17-16-20(27-10-5-4-6-11-27)26-22(24-17)28-12-14-29(15-13-28)23(30)25-18-8-7-9-19(31-2)21(18)32-3/h7-9,16H,4-6,10-15H2,1-3H3,(H,25,30). The molecule has 1 aromatic heterocycles. The van der Waals surface area contributed by atoms with Gasteiger partial charge in [0.25, 0.3) is 0 Å². The number of benzene rings is 1. The number of hydrogen-bond acceptors (Lipinski definition) is 7. The van der Waals surface area contributed by atoms with Crippen molar-refractivity contribution in [2.24, 2.45) is 0 Å². The van der Waals surface area contributed by atoms with Gasteiger partial charge in [-0.1, -0.05) is 6.07 Å². The molecule has 2 saturated heterocycles. The third kappa shape index (κ3) is 4.81. The van der Waals surface area contributed by atoms with Crippen molar-refractivity contribution in [3.63, 3.8) is 0 Å². The fourth-order valence-corrected chi connectivity index (χ4v) is 4.25. The van der Waals surface area contributed by atoms with Crippen LogP contribution in [0.4, 0.5) is 22.2 Å². The van der Waals surface area contributed by atoms with Crippen LogP contribution in [-0.2, 0) is 0 Å². The first kappa shape index (κ1) is 22.0. The predicted molar refractivity (Wildman–Crippen MR) is 125 cm³/mol. The number of amides is 2. The minimum Gasteiger partial charge on any atom is -0.493 e. The highest BCUT2D eigenvalue weighted by Gasteiger charge is 2.25. The second kappa shape index (κ2) is 9.93. The van der Waals surface area contributed by atoms with Gasteiger partial charge < -0.3 is 29.5 Å². The number of ether oxygens (including phenoxy) is 2. The van der Waals surface area contributed by atoms with Crippen LogP contribution in [0.5, 0.6) is 11.5 Å². The average molecular weight is 441 g/mol. The van der Waals surface area contributed by atoms with Gasteiger partial charge in [-0.2, -0.15) is 4.98 Å². The van der Waals surface area contributed by atoms with Crippen molar-refractivity contribution in [3.8, 4) is 11.5 Å². The Morgan fingerprint density at radius 3 is 2.38 bits per heavy atom. The van der Waals surface area contributed by atoms with Crippen molar-refractivity contribution >= 4 is 23.5 Å². The summed E-state index contributed by atoms with van der Waals surface area (Å²) in [6.45, 7) is 6.68. The smallest absolute Gasteiger partial charge is 0.322 e. The summed E-state index contributed by atoms with van der Waals surface area (Å²) in [5.74, 6) is 2.86. The van der Waals surface area contributed by atoms with Crippen molar-refractivity contribution in [1.82, 2.24) is 14.9 Å². The van der Waals surface area contributed by atoms with E-state index in [4.69, 9.17) is 14.5 Å². The van der Waals surface area contributed by atoms with Crippen molar-refractivity contribution in [1.29, 1.82) is 0 Å². The molecule has 1 aromatic carbocycles. The Kier molecular flexibility index (Phi) is 6.82. The molecule has 172 valence electrons. The molecule has 2 amide bonds. The highest BCUT2D eigenvalue weighted by molar-refractivity contribution is 5.91. The minimum absolute atomic E-state index is 0.157. The molecule has 2 aliphatic heterocycles. The maximum atomic E-state index is 12.9. The number of para-hydroxylation sites is 1. The molecule has 0 saturated carbocycles. The van der Waals surface area contributed by atoms with Gasteiger partial charge in [0.15, 0.2) is 11.5 Å². The number of piperazine rings is 1. The number of nitrogens with zero attached hydrogens (tertiary/aromatic N) is 5. The first-order chi connectivity index (χ1) is 15.6. The molecule has 2 aliphatic rings. The molecule has 0 aliphatic carbocycles. The molecular formula is C23H32N6O3. The topological polar surface area (TPSA) is 83.1 Å². The van der Waals surface area contributed by atoms with E-state index in [1.807, 2.05) is 13.0 Å². The van der Waals surface area contributed by atoms with E-state index in [-0.39, 0.29) is 6.03 Å². The van der Waals surface area contributed by atoms with E-state index >= 15 is 0 Å². The lowest BCUT2D eigenvalue weighted by Crippen LogP contribution is -2.50. The van der Waals surface area contributed by atoms with Crippen molar-refractivity contribution in [2.45, 2.75) is 26.2 Å². The van der Waals surface area contributed by atoms with Gasteiger partial charge >= 0.3 is 6.03 Å². The first-order valence-electron chi connectivity index (χ1n) is 11.2. The Bertz CT molecular complexity index is 939. The minimum atomic E-state index is -0.157. The fourth-order valence-electron chi connectivity index (χ4n) is 4.25. The zero-order valence-corrected chi connectivity index (χ0v) is 19.1. The molecule has 2 fully saturated rings. The molecule has 9 heteroatoms. The summed E-state index contributed by atoms with van der Waals surface area (Å²) in [5, 5.41) is 2.95. The van der Waals surface area contributed by atoms with E-state index in [2.05, 4.69) is 26.2 Å². The van der Waals surface area contributed by atoms with Crippen LogP contribution >= 0.6 is 0 Å². The van der Waals surface area contributed by atoms with E-state index in [1.54, 1.807) is 31.3 Å². The lowest BCUT2D eigenvalue weighted by molar-refractivity contribution is 0.207. The zero-order chi connectivity index (χ0) is 22.5. The zero-order valence-electron chi connectivity index (χ0n) is 19.1. The van der Waals surface area contributed by atoms with Crippen LogP contribution < -0.4 is 24.6 Å². The fraction of sp³-hybridized carbons (Fsp3) is 0.522. The Morgan fingerprint density at radius 1 is 0.938 bits per heavy atom. The van der Waals surface area contributed by atoms with Gasteiger partial charge in [-0.3, -0.25) is 0 Å². The molecule has 2 aromatic rings. The Labute approximate surface area is 189 Å². The normalized spacial score (nSPS) is 16.7. The highest BCUT2D eigenvalue weighted by atomic mass is 16.5. The lowest BCUT2D eigenvalue weighted by Gasteiger charge is -2.35. The number of nitrogens with one attached hydrogen (secondary N) is 1. The van der Waals surface area contributed by atoms with E-state index < -0.39 is 0 Å². The van der Waals surface area contributed by atoms with Gasteiger partial charge in [0, 0.05) is 51.0 Å². The Hall–Kier alpha value is -3.23. The third-order valence-electron chi connectivity index (χ3n) is 6.00. The number of carbonyl (C=O) groups is 1. The van der Waals surface area contributed by atoms with Crippen molar-refractivity contribution in [2.75, 3.05) is 68.6 Å². The molecule has 1 N–H and O–H groups in total. The number of urea groups is 1. The number of hydrogen-bond donors (Lipinski definition) is 1. The Morgan fingerprint density at radius 2 is 1.69 bits per heavy atom. The number of aromatic nitrogens is 2. The van der Waals surface area contributed by atoms with Crippen LogP contribution in [0.2, 0.25) is 0 Å². The highest BCUT2D eigenvalue weighted by Crippen LogP contribution is 2.34. The molecule has 0 radical (unpaired) electrons. The van der Waals surface area contributed by atoms with Crippen LogP contribution in [0.15, 0.2) is 24.3 Å². The Balaban J connectivity index is 1.39. The second-order valence-corrected chi connectivity index (χ2v) is 8.16. The molecular weight excluding hydrogens is 408 g/mol. The van der Waals surface area contributed by atoms with E-state index in [0.717, 1.165) is 30.5 Å². The molecule has 9 nitrogen and oxygen atoms in total. The summed E-state index contributed by atoms with van der Waals surface area (Å²) in [4.78, 5) is 28.7. The lowest BCUT2D eigenvalue weighted by atomic mass is 10.1. The van der Waals surface area contributed by atoms with Gasteiger partial charge in [0.2, 0.25) is 5.95 Å². The number of aryl methyl sites for hydroxylation is 1. The van der Waals surface area contributed by atoms with E-state index in [9.17, 15) is 4.79 Å². The molecule has 0 bridgehead atoms. The second-order valence-electron chi connectivity index (χ2n) is 8.16. The van der Waals surface area contributed by atoms with E-state index in [1.165, 1.54) is 19.3 Å². The van der Waals surface area contributed by atoms with Gasteiger partial charge in [0.1, 0.15) is 5.82 Å². The molecule has 0 atom stereocenters. The van der Waals surface area contributed by atoms with Gasteiger partial charge in [-0.15, -0.1) is 0 Å². The van der Waals surface area contributed by atoms with Gasteiger partial charge in [-0.25, -0.2) is 9.78 Å². The molecule has 4 rings (SSSR count). The number of carbonyl (C=O) groups excluding carboxylic acids is 1. The quantitative estimate of drug-likeness (QED) is 0.765. The van der Waals surface area contributed by atoms with Gasteiger partial charge in [-0.05, 0) is 38.3 Å². The summed E-state index contributed by atoms with van der Waals surface area (Å²) in [6, 6.07) is 7.34. The maximum absolute atomic E-state index is 12.9. The monoisotopic (exact) mass is 440 g/mol. The third-order valence-corrected chi connectivity index (χ3v) is 6.00. The molecule has 32 heavy (non-hydrogen) atoms. The van der Waals surface area contributed by atoms with Crippen LogP contribution in [0.1, 0.15) is 25.0 Å². The summed E-state index contributed by atoms with van der Waals surface area (Å²) in [6.07, 6.45) is 3.72. The van der Waals surface area contributed by atoms with Gasteiger partial charge in [0.05, 0.1) is 19.9 Å². The van der Waals surface area contributed by atoms with Crippen molar-refractivity contribution < 1.29 is 14.3 Å². The average Bonchev–Trinajstić information content (AvgIpc) is 2.84. The summed E-state index contributed by atoms with van der Waals surface area (Å²) in [7, 11) is 3.14. The number of methoxy groups -OCH3 is 2. The molecule has 0 unspecified atom stereocenters. The van der Waals surface area contributed by atoms with E-state index in [0.29, 0.717) is 43.4 Å². The summed E-state index contributed by atoms with van der Waals surface area (Å²) >= 11 is 0. The number of piperidine rings is 1. The number of rotatable bonds is 5. The van der Waals surface area contributed by atoms with Crippen LogP contribution in [0.25, 0.3) is 0 Å². The predicted octanol–water partition coefficient (Wildman–Crippen LogP) is 3.15. The molecule has 3 heterocycles. The van der Waals surface area contributed by atoms with Crippen LogP contribution in [0.3, 0.4) is 0 Å². The largest absolute Gasteiger partial charge is 0.493 e. The van der Waals surface area contributed by atoms with Crippen LogP contribution in [0, 0.1) is 6.92 Å². The van der Waals surface area contributed by atoms with Crippen LogP contribution in [-0.4, -0.2) is 74.4 Å². The first-order valence-corrected chi connectivity index (χ1v) is 11.2. The summed E-state index contributed by atoms with van der Waals surface area (Å²) in [5.41, 5.74) is 1.56. The molecule has 0 spiro atoms. The number of anilines is 3. The SMILES string of the molecule is COc1cccc(NC(=O)N2CCN(c3nc(C)cc(N4CCCCC4)n3)CC2)c1OC. The van der Waals surface area contributed by atoms with Crippen molar-refractivity contribution in [3.05, 3.63) is 30.0 Å². The summed E-state index contributed by atoms with van der Waals surface area (Å²) < 4.78 is 10.7. The maximum Gasteiger partial charge on any atom is 0.322 e.